The van der Waals surface area contributed by atoms with Crippen LogP contribution in [0.4, 0.5) is 24.7 Å². The van der Waals surface area contributed by atoms with Gasteiger partial charge >= 0.3 is 12.1 Å². The Morgan fingerprint density at radius 2 is 1.94 bits per heavy atom. The number of halogens is 4. The third-order valence-electron chi connectivity index (χ3n) is 4.45. The topological polar surface area (TPSA) is 91.2 Å². The SMILES string of the molecule is COC(=O)c1cnc(Cl)nc1Nc1ccc(-c2nc(C(F)(F)F)cn2C(C)C)c(OC)c1. The summed E-state index contributed by atoms with van der Waals surface area (Å²) in [6, 6.07) is 4.41. The van der Waals surface area contributed by atoms with Gasteiger partial charge in [0.25, 0.3) is 0 Å². The molecule has 0 radical (unpaired) electrons. The van der Waals surface area contributed by atoms with Crippen molar-refractivity contribution < 1.29 is 27.4 Å². The van der Waals surface area contributed by atoms with Gasteiger partial charge in [-0.2, -0.15) is 18.2 Å². The molecule has 3 rings (SSSR count). The first-order valence-electron chi connectivity index (χ1n) is 9.27. The Balaban J connectivity index is 2.05. The van der Waals surface area contributed by atoms with Crippen molar-refractivity contribution in [1.29, 1.82) is 0 Å². The molecule has 1 aromatic carbocycles. The van der Waals surface area contributed by atoms with Crippen molar-refractivity contribution in [2.75, 3.05) is 19.5 Å². The second-order valence-electron chi connectivity index (χ2n) is 6.88. The molecule has 0 bridgehead atoms. The van der Waals surface area contributed by atoms with E-state index in [9.17, 15) is 18.0 Å². The summed E-state index contributed by atoms with van der Waals surface area (Å²) in [4.78, 5) is 23.5. The van der Waals surface area contributed by atoms with Gasteiger partial charge in [-0.25, -0.2) is 14.8 Å². The normalized spacial score (nSPS) is 11.5. The van der Waals surface area contributed by atoms with Crippen LogP contribution < -0.4 is 10.1 Å². The lowest BCUT2D eigenvalue weighted by atomic mass is 10.1. The minimum absolute atomic E-state index is 0.0464. The number of carbonyl (C=O) groups is 1. The van der Waals surface area contributed by atoms with E-state index in [1.54, 1.807) is 32.0 Å². The zero-order chi connectivity index (χ0) is 23.6. The van der Waals surface area contributed by atoms with E-state index >= 15 is 0 Å². The first kappa shape index (κ1) is 23.3. The van der Waals surface area contributed by atoms with Crippen molar-refractivity contribution in [2.24, 2.45) is 0 Å². The number of hydrogen-bond donors (Lipinski definition) is 1. The lowest BCUT2D eigenvalue weighted by molar-refractivity contribution is -0.140. The van der Waals surface area contributed by atoms with Gasteiger partial charge in [-0.05, 0) is 37.6 Å². The molecule has 2 aromatic heterocycles. The predicted octanol–water partition coefficient (Wildman–Crippen LogP) is 5.13. The fourth-order valence-corrected chi connectivity index (χ4v) is 3.06. The van der Waals surface area contributed by atoms with Gasteiger partial charge in [-0.15, -0.1) is 0 Å². The Labute approximate surface area is 186 Å². The fraction of sp³-hybridized carbons (Fsp3) is 0.300. The number of methoxy groups -OCH3 is 2. The summed E-state index contributed by atoms with van der Waals surface area (Å²) >= 11 is 5.84. The number of imidazole rings is 1. The number of anilines is 2. The van der Waals surface area contributed by atoms with Crippen molar-refractivity contribution in [3.8, 4) is 17.1 Å². The van der Waals surface area contributed by atoms with E-state index in [0.717, 1.165) is 6.20 Å². The molecule has 32 heavy (non-hydrogen) atoms. The van der Waals surface area contributed by atoms with Crippen LogP contribution in [0.15, 0.2) is 30.6 Å². The number of nitrogens with zero attached hydrogens (tertiary/aromatic N) is 4. The Hall–Kier alpha value is -3.34. The lowest BCUT2D eigenvalue weighted by Crippen LogP contribution is -2.09. The van der Waals surface area contributed by atoms with Crippen molar-refractivity contribution in [1.82, 2.24) is 19.5 Å². The summed E-state index contributed by atoms with van der Waals surface area (Å²) in [6.07, 6.45) is -2.40. The Bertz CT molecular complexity index is 1150. The third-order valence-corrected chi connectivity index (χ3v) is 4.63. The molecule has 0 amide bonds. The molecule has 3 aromatic rings. The summed E-state index contributed by atoms with van der Waals surface area (Å²) in [7, 11) is 2.60. The molecule has 8 nitrogen and oxygen atoms in total. The highest BCUT2D eigenvalue weighted by molar-refractivity contribution is 6.28. The number of carbonyl (C=O) groups excluding carboxylic acids is 1. The van der Waals surface area contributed by atoms with Crippen LogP contribution in [0.5, 0.6) is 5.75 Å². The molecule has 0 saturated heterocycles. The minimum Gasteiger partial charge on any atom is -0.496 e. The Morgan fingerprint density at radius 3 is 2.53 bits per heavy atom. The number of hydrogen-bond acceptors (Lipinski definition) is 7. The van der Waals surface area contributed by atoms with E-state index in [2.05, 4.69) is 20.3 Å². The maximum Gasteiger partial charge on any atom is 0.434 e. The molecule has 170 valence electrons. The highest BCUT2D eigenvalue weighted by Gasteiger charge is 2.35. The quantitative estimate of drug-likeness (QED) is 0.395. The van der Waals surface area contributed by atoms with Crippen LogP contribution in [0.1, 0.15) is 35.9 Å². The average Bonchev–Trinajstić information content (AvgIpc) is 3.19. The number of benzene rings is 1. The van der Waals surface area contributed by atoms with Crippen molar-refractivity contribution >= 4 is 29.1 Å². The molecule has 0 unspecified atom stereocenters. The van der Waals surface area contributed by atoms with E-state index in [1.165, 1.54) is 25.0 Å². The van der Waals surface area contributed by atoms with Gasteiger partial charge in [0.15, 0.2) is 5.69 Å². The van der Waals surface area contributed by atoms with Crippen molar-refractivity contribution in [3.05, 3.63) is 47.1 Å². The number of rotatable bonds is 6. The van der Waals surface area contributed by atoms with Crippen LogP contribution in [0.3, 0.4) is 0 Å². The average molecular weight is 470 g/mol. The monoisotopic (exact) mass is 469 g/mol. The zero-order valence-electron chi connectivity index (χ0n) is 17.5. The molecular weight excluding hydrogens is 451 g/mol. The molecular formula is C20H19ClF3N5O3. The van der Waals surface area contributed by atoms with Crippen LogP contribution in [0.25, 0.3) is 11.4 Å². The predicted molar refractivity (Wildman–Crippen MR) is 111 cm³/mol. The van der Waals surface area contributed by atoms with Crippen molar-refractivity contribution in [2.45, 2.75) is 26.1 Å². The van der Waals surface area contributed by atoms with Crippen LogP contribution in [0.2, 0.25) is 5.28 Å². The third kappa shape index (κ3) is 4.77. The molecule has 1 N–H and O–H groups in total. The van der Waals surface area contributed by atoms with Gasteiger partial charge in [0.1, 0.15) is 23.0 Å². The first-order chi connectivity index (χ1) is 15.0. The van der Waals surface area contributed by atoms with Gasteiger partial charge in [-0.3, -0.25) is 0 Å². The smallest absolute Gasteiger partial charge is 0.434 e. The van der Waals surface area contributed by atoms with Crippen LogP contribution >= 0.6 is 11.6 Å². The second-order valence-corrected chi connectivity index (χ2v) is 7.22. The van der Waals surface area contributed by atoms with Crippen LogP contribution in [-0.2, 0) is 10.9 Å². The number of nitrogens with one attached hydrogen (secondary N) is 1. The first-order valence-corrected chi connectivity index (χ1v) is 9.65. The van der Waals surface area contributed by atoms with E-state index in [1.807, 2.05) is 0 Å². The molecule has 0 aliphatic heterocycles. The molecule has 0 atom stereocenters. The van der Waals surface area contributed by atoms with Gasteiger partial charge in [0.2, 0.25) is 5.28 Å². The summed E-state index contributed by atoms with van der Waals surface area (Å²) in [5.41, 5.74) is -0.158. The number of aromatic nitrogens is 4. The number of esters is 1. The molecule has 0 aliphatic rings. The zero-order valence-corrected chi connectivity index (χ0v) is 18.2. The molecule has 0 aliphatic carbocycles. The second kappa shape index (κ2) is 9.03. The van der Waals surface area contributed by atoms with Crippen LogP contribution in [-0.4, -0.2) is 39.7 Å². The molecule has 0 fully saturated rings. The summed E-state index contributed by atoms with van der Waals surface area (Å²) in [6.45, 7) is 3.50. The van der Waals surface area contributed by atoms with E-state index in [0.29, 0.717) is 11.3 Å². The molecule has 12 heteroatoms. The standard InChI is InChI=1S/C20H19ClF3N5O3/c1-10(2)29-9-15(20(22,23)24)27-17(29)12-6-5-11(7-14(12)31-3)26-16-13(18(30)32-4)8-25-19(21)28-16/h5-10H,1-4H3,(H,25,26,28). The van der Waals surface area contributed by atoms with Gasteiger partial charge in [0, 0.05) is 30.2 Å². The van der Waals surface area contributed by atoms with Gasteiger partial charge in [-0.1, -0.05) is 0 Å². The van der Waals surface area contributed by atoms with E-state index in [-0.39, 0.29) is 34.3 Å². The van der Waals surface area contributed by atoms with E-state index < -0.39 is 17.8 Å². The summed E-state index contributed by atoms with van der Waals surface area (Å²) < 4.78 is 51.3. The largest absolute Gasteiger partial charge is 0.496 e. The van der Waals surface area contributed by atoms with Gasteiger partial charge < -0.3 is 19.4 Å². The molecule has 0 spiro atoms. The van der Waals surface area contributed by atoms with Crippen LogP contribution in [0, 0.1) is 0 Å². The molecule has 0 saturated carbocycles. The van der Waals surface area contributed by atoms with Gasteiger partial charge in [0.05, 0.1) is 19.8 Å². The maximum absolute atomic E-state index is 13.2. The lowest BCUT2D eigenvalue weighted by Gasteiger charge is -2.15. The number of alkyl halides is 3. The fourth-order valence-electron chi connectivity index (χ4n) is 2.93. The number of ether oxygens (including phenoxy) is 2. The maximum atomic E-state index is 13.2. The summed E-state index contributed by atoms with van der Waals surface area (Å²) in [5, 5.41) is 2.83. The highest BCUT2D eigenvalue weighted by atomic mass is 35.5. The minimum atomic E-state index is -4.58. The Kier molecular flexibility index (Phi) is 6.58. The van der Waals surface area contributed by atoms with E-state index in [4.69, 9.17) is 21.1 Å². The van der Waals surface area contributed by atoms with Crippen molar-refractivity contribution in [3.63, 3.8) is 0 Å². The molecule has 2 heterocycles. The highest BCUT2D eigenvalue weighted by Crippen LogP contribution is 2.37. The Morgan fingerprint density at radius 1 is 1.22 bits per heavy atom. The summed E-state index contributed by atoms with van der Waals surface area (Å²) in [5.74, 6) is -0.215.